The molecule has 7 heteroatoms. The van der Waals surface area contributed by atoms with Crippen LogP contribution in [0.1, 0.15) is 34.6 Å². The summed E-state index contributed by atoms with van der Waals surface area (Å²) in [6, 6.07) is 5.90. The summed E-state index contributed by atoms with van der Waals surface area (Å²) < 4.78 is 0. The molecule has 1 aliphatic carbocycles. The van der Waals surface area contributed by atoms with Gasteiger partial charge in [-0.15, -0.1) is 0 Å². The molecule has 0 bridgehead atoms. The summed E-state index contributed by atoms with van der Waals surface area (Å²) in [6.45, 7) is 6.98. The lowest BCUT2D eigenvalue weighted by Gasteiger charge is -2.34. The molecule has 0 spiro atoms. The van der Waals surface area contributed by atoms with E-state index in [1.807, 2.05) is 36.9 Å². The minimum Gasteiger partial charge on any atom is -0.352 e. The molecular weight excluding hydrogens is 342 g/mol. The summed E-state index contributed by atoms with van der Waals surface area (Å²) in [5, 5.41) is 3.01. The van der Waals surface area contributed by atoms with Crippen LogP contribution in [0, 0.1) is 13.8 Å². The number of carbonyl (C=O) groups excluding carboxylic acids is 2. The number of aryl methyl sites for hydroxylation is 2. The summed E-state index contributed by atoms with van der Waals surface area (Å²) >= 11 is 0. The molecule has 2 aliphatic rings. The molecule has 2 heterocycles. The molecule has 1 saturated carbocycles. The van der Waals surface area contributed by atoms with Crippen LogP contribution in [0.4, 0.5) is 0 Å². The molecule has 1 N–H and O–H groups in total. The third-order valence-corrected chi connectivity index (χ3v) is 5.29. The number of nitrogens with zero attached hydrogens (tertiary/aromatic N) is 4. The zero-order valence-corrected chi connectivity index (χ0v) is 15.9. The van der Waals surface area contributed by atoms with Crippen molar-refractivity contribution in [1.82, 2.24) is 25.1 Å². The Balaban J connectivity index is 1.38. The lowest BCUT2D eigenvalue weighted by atomic mass is 10.1. The van der Waals surface area contributed by atoms with Crippen LogP contribution in [0.25, 0.3) is 11.0 Å². The molecule has 0 radical (unpaired) electrons. The molecule has 142 valence electrons. The Morgan fingerprint density at radius 1 is 1.04 bits per heavy atom. The Morgan fingerprint density at radius 3 is 2.37 bits per heavy atom. The largest absolute Gasteiger partial charge is 0.352 e. The van der Waals surface area contributed by atoms with Crippen molar-refractivity contribution in [3.8, 4) is 0 Å². The van der Waals surface area contributed by atoms with Gasteiger partial charge in [0.15, 0.2) is 0 Å². The Labute approximate surface area is 158 Å². The van der Waals surface area contributed by atoms with Crippen LogP contribution >= 0.6 is 0 Å². The third-order valence-electron chi connectivity index (χ3n) is 5.29. The van der Waals surface area contributed by atoms with Gasteiger partial charge in [-0.3, -0.25) is 14.5 Å². The third kappa shape index (κ3) is 4.08. The molecule has 2 amide bonds. The summed E-state index contributed by atoms with van der Waals surface area (Å²) in [5.74, 6) is 0.107. The lowest BCUT2D eigenvalue weighted by Crippen LogP contribution is -2.51. The number of hydrogen-bond donors (Lipinski definition) is 1. The predicted octanol–water partition coefficient (Wildman–Crippen LogP) is 1.28. The van der Waals surface area contributed by atoms with E-state index < -0.39 is 0 Å². The molecule has 0 unspecified atom stereocenters. The Morgan fingerprint density at radius 2 is 1.70 bits per heavy atom. The van der Waals surface area contributed by atoms with Crippen molar-refractivity contribution in [3.63, 3.8) is 0 Å². The SMILES string of the molecule is Cc1nc2ccc(C(=O)N3CCN(CC(=O)NC4CC4)CC3)cc2nc1C. The highest BCUT2D eigenvalue weighted by molar-refractivity contribution is 5.97. The molecule has 1 aromatic heterocycles. The molecule has 4 rings (SSSR count). The number of fused-ring (bicyclic) bond motifs is 1. The van der Waals surface area contributed by atoms with Crippen molar-refractivity contribution in [1.29, 1.82) is 0 Å². The second-order valence-electron chi connectivity index (χ2n) is 7.51. The first-order valence-electron chi connectivity index (χ1n) is 9.55. The van der Waals surface area contributed by atoms with Gasteiger partial charge in [-0.05, 0) is 44.9 Å². The van der Waals surface area contributed by atoms with Crippen molar-refractivity contribution < 1.29 is 9.59 Å². The van der Waals surface area contributed by atoms with Gasteiger partial charge >= 0.3 is 0 Å². The van der Waals surface area contributed by atoms with Crippen LogP contribution in [0.5, 0.6) is 0 Å². The van der Waals surface area contributed by atoms with Crippen molar-refractivity contribution in [2.24, 2.45) is 0 Å². The van der Waals surface area contributed by atoms with Gasteiger partial charge in [-0.1, -0.05) is 0 Å². The number of aromatic nitrogens is 2. The van der Waals surface area contributed by atoms with Crippen LogP contribution in [0.3, 0.4) is 0 Å². The number of benzene rings is 1. The molecule has 27 heavy (non-hydrogen) atoms. The molecular formula is C20H25N5O2. The number of piperazine rings is 1. The van der Waals surface area contributed by atoms with Gasteiger partial charge in [0.2, 0.25) is 5.91 Å². The minimum atomic E-state index is 0.0130. The van der Waals surface area contributed by atoms with E-state index >= 15 is 0 Å². The summed E-state index contributed by atoms with van der Waals surface area (Å²) in [5.41, 5.74) is 3.98. The summed E-state index contributed by atoms with van der Waals surface area (Å²) in [6.07, 6.45) is 2.20. The van der Waals surface area contributed by atoms with E-state index in [1.165, 1.54) is 0 Å². The molecule has 1 saturated heterocycles. The maximum absolute atomic E-state index is 12.9. The van der Waals surface area contributed by atoms with Gasteiger partial charge in [-0.2, -0.15) is 0 Å². The number of rotatable bonds is 4. The maximum atomic E-state index is 12.9. The molecule has 1 aliphatic heterocycles. The van der Waals surface area contributed by atoms with Crippen molar-refractivity contribution in [2.45, 2.75) is 32.7 Å². The van der Waals surface area contributed by atoms with E-state index in [-0.39, 0.29) is 11.8 Å². The van der Waals surface area contributed by atoms with E-state index in [0.717, 1.165) is 48.4 Å². The maximum Gasteiger partial charge on any atom is 0.254 e. The second-order valence-corrected chi connectivity index (χ2v) is 7.51. The van der Waals surface area contributed by atoms with E-state index in [4.69, 9.17) is 0 Å². The smallest absolute Gasteiger partial charge is 0.254 e. The molecule has 2 aromatic rings. The fraction of sp³-hybridized carbons (Fsp3) is 0.500. The zero-order chi connectivity index (χ0) is 19.0. The summed E-state index contributed by atoms with van der Waals surface area (Å²) in [7, 11) is 0. The van der Waals surface area contributed by atoms with Crippen molar-refractivity contribution in [3.05, 3.63) is 35.2 Å². The average Bonchev–Trinajstić information content (AvgIpc) is 3.46. The zero-order valence-electron chi connectivity index (χ0n) is 15.9. The van der Waals surface area contributed by atoms with Gasteiger partial charge in [0.05, 0.1) is 29.0 Å². The van der Waals surface area contributed by atoms with Crippen molar-refractivity contribution >= 4 is 22.8 Å². The first-order valence-corrected chi connectivity index (χ1v) is 9.55. The number of carbonyl (C=O) groups is 2. The monoisotopic (exact) mass is 367 g/mol. The predicted molar refractivity (Wildman–Crippen MR) is 103 cm³/mol. The van der Waals surface area contributed by atoms with Gasteiger partial charge in [0.1, 0.15) is 0 Å². The average molecular weight is 367 g/mol. The van der Waals surface area contributed by atoms with Gasteiger partial charge in [-0.25, -0.2) is 9.97 Å². The quantitative estimate of drug-likeness (QED) is 0.881. The van der Waals surface area contributed by atoms with Gasteiger partial charge in [0.25, 0.3) is 5.91 Å². The molecule has 7 nitrogen and oxygen atoms in total. The Kier molecular flexibility index (Phi) is 4.78. The minimum absolute atomic E-state index is 0.0130. The normalized spacial score (nSPS) is 17.9. The van der Waals surface area contributed by atoms with E-state index in [1.54, 1.807) is 0 Å². The van der Waals surface area contributed by atoms with Crippen LogP contribution in [-0.4, -0.2) is 70.3 Å². The van der Waals surface area contributed by atoms with Crippen LogP contribution in [0.15, 0.2) is 18.2 Å². The van der Waals surface area contributed by atoms with Crippen LogP contribution in [-0.2, 0) is 4.79 Å². The van der Waals surface area contributed by atoms with E-state index in [0.29, 0.717) is 31.2 Å². The van der Waals surface area contributed by atoms with E-state index in [9.17, 15) is 9.59 Å². The van der Waals surface area contributed by atoms with Crippen LogP contribution in [0.2, 0.25) is 0 Å². The fourth-order valence-electron chi connectivity index (χ4n) is 3.36. The highest BCUT2D eigenvalue weighted by Crippen LogP contribution is 2.19. The van der Waals surface area contributed by atoms with Crippen LogP contribution < -0.4 is 5.32 Å². The molecule has 0 atom stereocenters. The van der Waals surface area contributed by atoms with Crippen molar-refractivity contribution in [2.75, 3.05) is 32.7 Å². The molecule has 1 aromatic carbocycles. The van der Waals surface area contributed by atoms with E-state index in [2.05, 4.69) is 20.2 Å². The molecule has 2 fully saturated rings. The summed E-state index contributed by atoms with van der Waals surface area (Å²) in [4.78, 5) is 37.8. The first kappa shape index (κ1) is 17.9. The standard InChI is InChI=1S/C20H25N5O2/c1-13-14(2)22-18-11-15(3-6-17(18)21-13)20(27)25-9-7-24(8-10-25)12-19(26)23-16-4-5-16/h3,6,11,16H,4-5,7-10,12H2,1-2H3,(H,23,26). The second kappa shape index (κ2) is 7.23. The number of nitrogens with one attached hydrogen (secondary N) is 1. The van der Waals surface area contributed by atoms with Gasteiger partial charge < -0.3 is 10.2 Å². The highest BCUT2D eigenvalue weighted by Gasteiger charge is 2.26. The highest BCUT2D eigenvalue weighted by atomic mass is 16.2. The topological polar surface area (TPSA) is 78.4 Å². The lowest BCUT2D eigenvalue weighted by molar-refractivity contribution is -0.122. The first-order chi connectivity index (χ1) is 13.0. The number of hydrogen-bond acceptors (Lipinski definition) is 5. The Hall–Kier alpha value is -2.54. The van der Waals surface area contributed by atoms with Gasteiger partial charge in [0, 0.05) is 37.8 Å². The fourth-order valence-corrected chi connectivity index (χ4v) is 3.36. The number of amides is 2. The Bertz CT molecular complexity index is 885.